The van der Waals surface area contributed by atoms with Crippen LogP contribution in [0, 0.1) is 0 Å². The Kier molecular flexibility index (Phi) is 5.52. The maximum Gasteiger partial charge on any atom is 0.211 e. The summed E-state index contributed by atoms with van der Waals surface area (Å²) in [6, 6.07) is 0.452. The zero-order valence-electron chi connectivity index (χ0n) is 9.16. The smallest absolute Gasteiger partial charge is 0.211 e. The highest BCUT2D eigenvalue weighted by Crippen LogP contribution is 2.02. The van der Waals surface area contributed by atoms with Crippen molar-refractivity contribution in [2.75, 3.05) is 32.1 Å². The van der Waals surface area contributed by atoms with E-state index in [0.29, 0.717) is 12.6 Å². The Morgan fingerprint density at radius 3 is 2.80 bits per heavy atom. The molecule has 0 aromatic carbocycles. The van der Waals surface area contributed by atoms with Gasteiger partial charge >= 0.3 is 0 Å². The van der Waals surface area contributed by atoms with Crippen molar-refractivity contribution >= 4 is 10.0 Å². The second-order valence-corrected chi connectivity index (χ2v) is 5.76. The molecule has 0 amide bonds. The molecule has 1 fully saturated rings. The summed E-state index contributed by atoms with van der Waals surface area (Å²) in [4.78, 5) is 0. The number of hydrogen-bond donors (Lipinski definition) is 2. The molecule has 0 aromatic rings. The fourth-order valence-corrected chi connectivity index (χ4v) is 2.08. The van der Waals surface area contributed by atoms with Crippen molar-refractivity contribution in [3.05, 3.63) is 0 Å². The van der Waals surface area contributed by atoms with Crippen LogP contribution in [-0.4, -0.2) is 46.5 Å². The third kappa shape index (κ3) is 5.46. The second kappa shape index (κ2) is 6.42. The van der Waals surface area contributed by atoms with Gasteiger partial charge in [0.25, 0.3) is 0 Å². The Balaban J connectivity index is 1.97. The molecule has 1 saturated heterocycles. The average Bonchev–Trinajstić information content (AvgIpc) is 2.70. The maximum atomic E-state index is 11.1. The number of nitrogens with one attached hydrogen (secondary N) is 2. The van der Waals surface area contributed by atoms with Gasteiger partial charge in [-0.1, -0.05) is 0 Å². The first kappa shape index (κ1) is 12.9. The van der Waals surface area contributed by atoms with Crippen molar-refractivity contribution in [1.82, 2.24) is 10.0 Å². The topological polar surface area (TPSA) is 67.4 Å². The van der Waals surface area contributed by atoms with Crippen LogP contribution in [0.1, 0.15) is 19.8 Å². The zero-order chi connectivity index (χ0) is 11.1. The molecule has 1 aliphatic rings. The lowest BCUT2D eigenvalue weighted by Crippen LogP contribution is -2.33. The summed E-state index contributed by atoms with van der Waals surface area (Å²) in [6.45, 7) is 4.59. The molecule has 0 spiro atoms. The van der Waals surface area contributed by atoms with E-state index in [-0.39, 0.29) is 5.75 Å². The highest BCUT2D eigenvalue weighted by Gasteiger charge is 2.13. The molecule has 90 valence electrons. The summed E-state index contributed by atoms with van der Waals surface area (Å²) in [5.74, 6) is 0.150. The fourth-order valence-electron chi connectivity index (χ4n) is 1.42. The predicted octanol–water partition coefficient (Wildman–Crippen LogP) is -0.306. The number of ether oxygens (including phenoxy) is 1. The van der Waals surface area contributed by atoms with E-state index in [1.54, 1.807) is 6.92 Å². The predicted molar refractivity (Wildman–Crippen MR) is 59.3 cm³/mol. The normalized spacial score (nSPS) is 22.1. The first-order valence-corrected chi connectivity index (χ1v) is 7.08. The van der Waals surface area contributed by atoms with Crippen molar-refractivity contribution in [1.29, 1.82) is 0 Å². The van der Waals surface area contributed by atoms with E-state index in [2.05, 4.69) is 10.0 Å². The number of rotatable bonds is 7. The van der Waals surface area contributed by atoms with Crippen molar-refractivity contribution in [3.8, 4) is 0 Å². The lowest BCUT2D eigenvalue weighted by atomic mass is 10.2. The summed E-state index contributed by atoms with van der Waals surface area (Å²) >= 11 is 0. The SMILES string of the molecule is CCS(=O)(=O)NCCCNC1CCOC1. The van der Waals surface area contributed by atoms with Gasteiger partial charge in [0, 0.05) is 19.2 Å². The second-order valence-electron chi connectivity index (χ2n) is 3.67. The van der Waals surface area contributed by atoms with E-state index >= 15 is 0 Å². The van der Waals surface area contributed by atoms with Crippen LogP contribution in [0.25, 0.3) is 0 Å². The molecule has 0 aliphatic carbocycles. The number of sulfonamides is 1. The standard InChI is InChI=1S/C9H20N2O3S/c1-2-15(12,13)11-6-3-5-10-9-4-7-14-8-9/h9-11H,2-8H2,1H3. The van der Waals surface area contributed by atoms with E-state index in [1.807, 2.05) is 0 Å². The van der Waals surface area contributed by atoms with Gasteiger partial charge in [-0.3, -0.25) is 0 Å². The van der Waals surface area contributed by atoms with E-state index < -0.39 is 10.0 Å². The summed E-state index contributed by atoms with van der Waals surface area (Å²) in [5.41, 5.74) is 0. The summed E-state index contributed by atoms with van der Waals surface area (Å²) in [7, 11) is -3.02. The van der Waals surface area contributed by atoms with Gasteiger partial charge in [-0.15, -0.1) is 0 Å². The lowest BCUT2D eigenvalue weighted by molar-refractivity contribution is 0.190. The Labute approximate surface area is 91.6 Å². The molecule has 0 bridgehead atoms. The molecule has 15 heavy (non-hydrogen) atoms. The molecule has 2 N–H and O–H groups in total. The van der Waals surface area contributed by atoms with Crippen LogP contribution >= 0.6 is 0 Å². The Bertz CT molecular complexity index is 261. The molecular weight excluding hydrogens is 216 g/mol. The van der Waals surface area contributed by atoms with Crippen LogP contribution in [-0.2, 0) is 14.8 Å². The zero-order valence-corrected chi connectivity index (χ0v) is 9.98. The molecule has 6 heteroatoms. The van der Waals surface area contributed by atoms with Crippen LogP contribution in [0.2, 0.25) is 0 Å². The largest absolute Gasteiger partial charge is 0.380 e. The van der Waals surface area contributed by atoms with Crippen molar-refractivity contribution < 1.29 is 13.2 Å². The third-order valence-electron chi connectivity index (χ3n) is 2.42. The molecule has 0 aromatic heterocycles. The van der Waals surface area contributed by atoms with Gasteiger partial charge in [0.1, 0.15) is 0 Å². The van der Waals surface area contributed by atoms with Crippen LogP contribution in [0.3, 0.4) is 0 Å². The van der Waals surface area contributed by atoms with Crippen molar-refractivity contribution in [3.63, 3.8) is 0 Å². The molecule has 1 rings (SSSR count). The summed E-state index contributed by atoms with van der Waals surface area (Å²) in [5, 5.41) is 3.33. The highest BCUT2D eigenvalue weighted by molar-refractivity contribution is 7.89. The van der Waals surface area contributed by atoms with E-state index in [0.717, 1.165) is 32.6 Å². The molecule has 1 atom stereocenters. The van der Waals surface area contributed by atoms with E-state index in [4.69, 9.17) is 4.74 Å². The minimum absolute atomic E-state index is 0.150. The van der Waals surface area contributed by atoms with E-state index in [9.17, 15) is 8.42 Å². The highest BCUT2D eigenvalue weighted by atomic mass is 32.2. The Morgan fingerprint density at radius 2 is 2.20 bits per heavy atom. The summed E-state index contributed by atoms with van der Waals surface area (Å²) < 4.78 is 29.9. The lowest BCUT2D eigenvalue weighted by Gasteiger charge is -2.10. The van der Waals surface area contributed by atoms with Crippen LogP contribution < -0.4 is 10.0 Å². The molecule has 1 aliphatic heterocycles. The quantitative estimate of drug-likeness (QED) is 0.595. The molecule has 1 unspecified atom stereocenters. The van der Waals surface area contributed by atoms with Gasteiger partial charge in [-0.05, 0) is 26.3 Å². The van der Waals surface area contributed by atoms with E-state index in [1.165, 1.54) is 0 Å². The molecule has 1 heterocycles. The molecule has 0 radical (unpaired) electrons. The van der Waals surface area contributed by atoms with Crippen molar-refractivity contribution in [2.45, 2.75) is 25.8 Å². The van der Waals surface area contributed by atoms with Gasteiger partial charge in [0.2, 0.25) is 10.0 Å². The third-order valence-corrected chi connectivity index (χ3v) is 3.82. The minimum atomic E-state index is -3.02. The number of hydrogen-bond acceptors (Lipinski definition) is 4. The maximum absolute atomic E-state index is 11.1. The first-order chi connectivity index (χ1) is 7.14. The van der Waals surface area contributed by atoms with Crippen LogP contribution in [0.15, 0.2) is 0 Å². The molecule has 5 nitrogen and oxygen atoms in total. The fraction of sp³-hybridized carbons (Fsp3) is 1.00. The van der Waals surface area contributed by atoms with Gasteiger partial charge in [-0.2, -0.15) is 0 Å². The van der Waals surface area contributed by atoms with Crippen molar-refractivity contribution in [2.24, 2.45) is 0 Å². The monoisotopic (exact) mass is 236 g/mol. The Morgan fingerprint density at radius 1 is 1.40 bits per heavy atom. The minimum Gasteiger partial charge on any atom is -0.380 e. The molecular formula is C9H20N2O3S. The van der Waals surface area contributed by atoms with Gasteiger partial charge < -0.3 is 10.1 Å². The van der Waals surface area contributed by atoms with Gasteiger partial charge in [-0.25, -0.2) is 13.1 Å². The molecule has 0 saturated carbocycles. The van der Waals surface area contributed by atoms with Crippen LogP contribution in [0.5, 0.6) is 0 Å². The average molecular weight is 236 g/mol. The summed E-state index contributed by atoms with van der Waals surface area (Å²) in [6.07, 6.45) is 1.87. The van der Waals surface area contributed by atoms with Gasteiger partial charge in [0.15, 0.2) is 0 Å². The Hall–Kier alpha value is -0.170. The van der Waals surface area contributed by atoms with Gasteiger partial charge in [0.05, 0.1) is 12.4 Å². The van der Waals surface area contributed by atoms with Crippen LogP contribution in [0.4, 0.5) is 0 Å². The first-order valence-electron chi connectivity index (χ1n) is 5.42.